The highest BCUT2D eigenvalue weighted by Gasteiger charge is 2.31. The first-order chi connectivity index (χ1) is 7.15. The van der Waals surface area contributed by atoms with Crippen LogP contribution in [0.5, 0.6) is 0 Å². The molecule has 2 nitrogen and oxygen atoms in total. The van der Waals surface area contributed by atoms with Crippen LogP contribution < -0.4 is 5.32 Å². The van der Waals surface area contributed by atoms with Gasteiger partial charge in [-0.2, -0.15) is 0 Å². The van der Waals surface area contributed by atoms with Gasteiger partial charge in [0.1, 0.15) is 0 Å². The highest BCUT2D eigenvalue weighted by molar-refractivity contribution is 4.87. The number of hydrogen-bond donors (Lipinski definition) is 1. The Kier molecular flexibility index (Phi) is 3.68. The average Bonchev–Trinajstić information content (AvgIpc) is 2.11. The fourth-order valence-electron chi connectivity index (χ4n) is 3.01. The minimum Gasteiger partial charge on any atom is -0.312 e. The maximum Gasteiger partial charge on any atom is 0.0100 e. The molecule has 0 aromatic heterocycles. The van der Waals surface area contributed by atoms with Crippen LogP contribution in [0.25, 0.3) is 0 Å². The van der Waals surface area contributed by atoms with Crippen LogP contribution in [0.3, 0.4) is 0 Å². The standard InChI is InChI=1S/C13H26N2/c1-10-8-13(9-10)15-6-4-11(2)14-12(3)5-7-15/h10-14H,4-9H2,1-3H3. The SMILES string of the molecule is CC1CC(N2CCC(C)NC(C)CC2)C1. The average molecular weight is 210 g/mol. The summed E-state index contributed by atoms with van der Waals surface area (Å²) in [6.45, 7) is 9.64. The molecule has 88 valence electrons. The van der Waals surface area contributed by atoms with E-state index < -0.39 is 0 Å². The van der Waals surface area contributed by atoms with Gasteiger partial charge in [-0.15, -0.1) is 0 Å². The zero-order valence-electron chi connectivity index (χ0n) is 10.5. The molecule has 1 N–H and O–H groups in total. The lowest BCUT2D eigenvalue weighted by atomic mass is 9.80. The zero-order chi connectivity index (χ0) is 10.8. The number of nitrogens with one attached hydrogen (secondary N) is 1. The Labute approximate surface area is 94.4 Å². The second kappa shape index (κ2) is 4.84. The summed E-state index contributed by atoms with van der Waals surface area (Å²) in [6.07, 6.45) is 5.51. The van der Waals surface area contributed by atoms with Gasteiger partial charge in [-0.3, -0.25) is 0 Å². The summed E-state index contributed by atoms with van der Waals surface area (Å²) >= 11 is 0. The van der Waals surface area contributed by atoms with Crippen molar-refractivity contribution in [1.82, 2.24) is 10.2 Å². The van der Waals surface area contributed by atoms with Crippen LogP contribution >= 0.6 is 0 Å². The van der Waals surface area contributed by atoms with Crippen LogP contribution in [-0.4, -0.2) is 36.1 Å². The maximum atomic E-state index is 3.66. The molecule has 0 spiro atoms. The van der Waals surface area contributed by atoms with Crippen LogP contribution in [0.2, 0.25) is 0 Å². The Morgan fingerprint density at radius 2 is 1.47 bits per heavy atom. The first-order valence-corrected chi connectivity index (χ1v) is 6.65. The van der Waals surface area contributed by atoms with Gasteiger partial charge in [0, 0.05) is 18.1 Å². The first-order valence-electron chi connectivity index (χ1n) is 6.65. The molecule has 0 radical (unpaired) electrons. The van der Waals surface area contributed by atoms with Crippen LogP contribution in [-0.2, 0) is 0 Å². The lowest BCUT2D eigenvalue weighted by Crippen LogP contribution is -2.49. The minimum atomic E-state index is 0.695. The molecule has 0 bridgehead atoms. The Balaban J connectivity index is 1.83. The van der Waals surface area contributed by atoms with E-state index in [1.54, 1.807) is 0 Å². The summed E-state index contributed by atoms with van der Waals surface area (Å²) in [7, 11) is 0. The van der Waals surface area contributed by atoms with E-state index in [2.05, 4.69) is 31.0 Å². The summed E-state index contributed by atoms with van der Waals surface area (Å²) in [5.74, 6) is 0.980. The fraction of sp³-hybridized carbons (Fsp3) is 1.00. The summed E-state index contributed by atoms with van der Waals surface area (Å²) in [4.78, 5) is 2.74. The fourth-order valence-corrected chi connectivity index (χ4v) is 3.01. The van der Waals surface area contributed by atoms with Gasteiger partial charge in [0.05, 0.1) is 0 Å². The van der Waals surface area contributed by atoms with E-state index in [0.29, 0.717) is 12.1 Å². The molecule has 0 amide bonds. The maximum absolute atomic E-state index is 3.66. The van der Waals surface area contributed by atoms with Crippen LogP contribution in [0.4, 0.5) is 0 Å². The molecule has 15 heavy (non-hydrogen) atoms. The predicted octanol–water partition coefficient (Wildman–Crippen LogP) is 2.25. The zero-order valence-corrected chi connectivity index (χ0v) is 10.5. The smallest absolute Gasteiger partial charge is 0.0100 e. The summed E-state index contributed by atoms with van der Waals surface area (Å²) in [5, 5.41) is 3.66. The molecule has 2 unspecified atom stereocenters. The molecule has 2 heteroatoms. The third kappa shape index (κ3) is 2.94. The van der Waals surface area contributed by atoms with Crippen molar-refractivity contribution in [3.8, 4) is 0 Å². The molecule has 1 aliphatic carbocycles. The minimum absolute atomic E-state index is 0.695. The van der Waals surface area contributed by atoms with Crippen molar-refractivity contribution in [1.29, 1.82) is 0 Å². The highest BCUT2D eigenvalue weighted by atomic mass is 15.2. The molecule has 0 aromatic rings. The van der Waals surface area contributed by atoms with Crippen molar-refractivity contribution >= 4 is 0 Å². The van der Waals surface area contributed by atoms with Crippen LogP contribution in [0.15, 0.2) is 0 Å². The van der Waals surface area contributed by atoms with Crippen molar-refractivity contribution in [3.63, 3.8) is 0 Å². The summed E-state index contributed by atoms with van der Waals surface area (Å²) < 4.78 is 0. The molecule has 2 aliphatic rings. The predicted molar refractivity (Wildman–Crippen MR) is 65.1 cm³/mol. The van der Waals surface area contributed by atoms with E-state index in [1.807, 2.05) is 0 Å². The van der Waals surface area contributed by atoms with E-state index >= 15 is 0 Å². The Hall–Kier alpha value is -0.0800. The Morgan fingerprint density at radius 3 is 1.93 bits per heavy atom. The topological polar surface area (TPSA) is 15.3 Å². The van der Waals surface area contributed by atoms with Crippen molar-refractivity contribution in [2.45, 2.75) is 64.6 Å². The number of nitrogens with zero attached hydrogens (tertiary/aromatic N) is 1. The normalized spacial score (nSPS) is 44.2. The molecule has 2 atom stereocenters. The molecule has 2 fully saturated rings. The third-order valence-corrected chi connectivity index (χ3v) is 4.13. The van der Waals surface area contributed by atoms with Gasteiger partial charge in [0.2, 0.25) is 0 Å². The van der Waals surface area contributed by atoms with E-state index in [-0.39, 0.29) is 0 Å². The molecule has 1 saturated heterocycles. The largest absolute Gasteiger partial charge is 0.312 e. The third-order valence-electron chi connectivity index (χ3n) is 4.13. The molecular weight excluding hydrogens is 184 g/mol. The van der Waals surface area contributed by atoms with Gasteiger partial charge in [0.25, 0.3) is 0 Å². The molecule has 0 aromatic carbocycles. The molecule has 1 heterocycles. The van der Waals surface area contributed by atoms with Gasteiger partial charge in [-0.1, -0.05) is 6.92 Å². The molecule has 1 aliphatic heterocycles. The summed E-state index contributed by atoms with van der Waals surface area (Å²) in [6, 6.07) is 2.30. The Morgan fingerprint density at radius 1 is 0.933 bits per heavy atom. The van der Waals surface area contributed by atoms with Crippen molar-refractivity contribution in [2.24, 2.45) is 5.92 Å². The first kappa shape index (κ1) is 11.4. The second-order valence-corrected chi connectivity index (χ2v) is 5.81. The Bertz CT molecular complexity index is 187. The van der Waals surface area contributed by atoms with Gasteiger partial charge in [-0.25, -0.2) is 0 Å². The van der Waals surface area contributed by atoms with E-state index in [0.717, 1.165) is 12.0 Å². The summed E-state index contributed by atoms with van der Waals surface area (Å²) in [5.41, 5.74) is 0. The van der Waals surface area contributed by atoms with E-state index in [9.17, 15) is 0 Å². The quantitative estimate of drug-likeness (QED) is 0.714. The molecular formula is C13H26N2. The molecule has 1 saturated carbocycles. The van der Waals surface area contributed by atoms with E-state index in [1.165, 1.54) is 38.8 Å². The van der Waals surface area contributed by atoms with Gasteiger partial charge in [-0.05, 0) is 58.5 Å². The lowest BCUT2D eigenvalue weighted by Gasteiger charge is -2.43. The van der Waals surface area contributed by atoms with Crippen molar-refractivity contribution in [2.75, 3.05) is 13.1 Å². The number of hydrogen-bond acceptors (Lipinski definition) is 2. The van der Waals surface area contributed by atoms with Crippen LogP contribution in [0.1, 0.15) is 46.5 Å². The van der Waals surface area contributed by atoms with Gasteiger partial charge >= 0.3 is 0 Å². The monoisotopic (exact) mass is 210 g/mol. The lowest BCUT2D eigenvalue weighted by molar-refractivity contribution is 0.0721. The van der Waals surface area contributed by atoms with Crippen molar-refractivity contribution in [3.05, 3.63) is 0 Å². The second-order valence-electron chi connectivity index (χ2n) is 5.81. The van der Waals surface area contributed by atoms with Gasteiger partial charge in [0.15, 0.2) is 0 Å². The van der Waals surface area contributed by atoms with Crippen molar-refractivity contribution < 1.29 is 0 Å². The van der Waals surface area contributed by atoms with E-state index in [4.69, 9.17) is 0 Å². The van der Waals surface area contributed by atoms with Crippen LogP contribution in [0, 0.1) is 5.92 Å². The van der Waals surface area contributed by atoms with Gasteiger partial charge < -0.3 is 10.2 Å². The molecule has 2 rings (SSSR count). The highest BCUT2D eigenvalue weighted by Crippen LogP contribution is 2.31. The number of rotatable bonds is 1.